The maximum Gasteiger partial charge on any atom is 0.160 e. The Morgan fingerprint density at radius 1 is 1.33 bits per heavy atom. The van der Waals surface area contributed by atoms with Gasteiger partial charge in [0.05, 0.1) is 12.6 Å². The van der Waals surface area contributed by atoms with Crippen molar-refractivity contribution in [3.63, 3.8) is 0 Å². The molecule has 0 bridgehead atoms. The number of ether oxygens (including phenoxy) is 1. The summed E-state index contributed by atoms with van der Waals surface area (Å²) in [5.74, 6) is 2.49. The molecule has 2 unspecified atom stereocenters. The average Bonchev–Trinajstić information content (AvgIpc) is 3.23. The lowest BCUT2D eigenvalue weighted by molar-refractivity contribution is 0.0971. The molecule has 0 radical (unpaired) electrons. The van der Waals surface area contributed by atoms with Crippen LogP contribution in [0.3, 0.4) is 0 Å². The minimum Gasteiger partial charge on any atom is -0.376 e. The van der Waals surface area contributed by atoms with E-state index in [9.17, 15) is 0 Å². The van der Waals surface area contributed by atoms with Gasteiger partial charge in [0.2, 0.25) is 0 Å². The average molecular weight is 303 g/mol. The quantitative estimate of drug-likeness (QED) is 0.870. The van der Waals surface area contributed by atoms with Crippen LogP contribution in [0, 0.1) is 0 Å². The van der Waals surface area contributed by atoms with Gasteiger partial charge in [0.15, 0.2) is 5.65 Å². The molecular weight excluding hydrogens is 282 g/mol. The van der Waals surface area contributed by atoms with Crippen molar-refractivity contribution in [2.45, 2.75) is 50.0 Å². The highest BCUT2D eigenvalue weighted by Crippen LogP contribution is 2.30. The molecule has 0 N–H and O–H groups in total. The lowest BCUT2D eigenvalue weighted by Crippen LogP contribution is -2.19. The summed E-state index contributed by atoms with van der Waals surface area (Å²) in [7, 11) is 0. The first-order valence-electron chi connectivity index (χ1n) is 7.93. The molecule has 21 heavy (non-hydrogen) atoms. The SMILES string of the molecule is c1cnc2c(c1)nc(CC1CCCS1)n2CC1CCCO1. The fourth-order valence-corrected chi connectivity index (χ4v) is 4.62. The van der Waals surface area contributed by atoms with E-state index in [-0.39, 0.29) is 0 Å². The number of imidazole rings is 1. The van der Waals surface area contributed by atoms with Crippen LogP contribution in [0.4, 0.5) is 0 Å². The fourth-order valence-electron chi connectivity index (χ4n) is 3.35. The molecule has 0 aromatic carbocycles. The molecule has 5 heteroatoms. The standard InChI is InChI=1S/C16H21N3OS/c1-6-14-16(17-7-1)19(11-12-4-2-8-20-12)15(18-14)10-13-5-3-9-21-13/h1,6-7,12-13H,2-5,8-11H2. The van der Waals surface area contributed by atoms with Crippen LogP contribution >= 0.6 is 11.8 Å². The van der Waals surface area contributed by atoms with Gasteiger partial charge in [-0.05, 0) is 43.6 Å². The normalized spacial score (nSPS) is 25.9. The van der Waals surface area contributed by atoms with Gasteiger partial charge in [-0.2, -0.15) is 11.8 Å². The van der Waals surface area contributed by atoms with Gasteiger partial charge in [0.25, 0.3) is 0 Å². The third-order valence-electron chi connectivity index (χ3n) is 4.43. The molecule has 4 heterocycles. The van der Waals surface area contributed by atoms with E-state index in [0.717, 1.165) is 42.4 Å². The van der Waals surface area contributed by atoms with Gasteiger partial charge in [-0.3, -0.25) is 0 Å². The summed E-state index contributed by atoms with van der Waals surface area (Å²) in [6.45, 7) is 1.80. The Kier molecular flexibility index (Phi) is 3.86. The van der Waals surface area contributed by atoms with Crippen molar-refractivity contribution in [1.82, 2.24) is 14.5 Å². The van der Waals surface area contributed by atoms with Gasteiger partial charge in [-0.25, -0.2) is 9.97 Å². The summed E-state index contributed by atoms with van der Waals surface area (Å²) in [4.78, 5) is 9.41. The smallest absolute Gasteiger partial charge is 0.160 e. The van der Waals surface area contributed by atoms with Crippen LogP contribution in [0.1, 0.15) is 31.5 Å². The molecule has 2 atom stereocenters. The Bertz CT molecular complexity index is 615. The molecule has 2 saturated heterocycles. The number of thioether (sulfide) groups is 1. The highest BCUT2D eigenvalue weighted by Gasteiger charge is 2.23. The molecule has 2 aliphatic heterocycles. The molecule has 0 saturated carbocycles. The molecule has 2 aromatic heterocycles. The van der Waals surface area contributed by atoms with Crippen molar-refractivity contribution in [3.05, 3.63) is 24.2 Å². The largest absolute Gasteiger partial charge is 0.376 e. The van der Waals surface area contributed by atoms with Crippen molar-refractivity contribution in [3.8, 4) is 0 Å². The van der Waals surface area contributed by atoms with E-state index >= 15 is 0 Å². The Labute approximate surface area is 129 Å². The lowest BCUT2D eigenvalue weighted by Gasteiger charge is -2.15. The number of aromatic nitrogens is 3. The summed E-state index contributed by atoms with van der Waals surface area (Å²) < 4.78 is 8.13. The van der Waals surface area contributed by atoms with E-state index in [4.69, 9.17) is 9.72 Å². The van der Waals surface area contributed by atoms with E-state index in [1.54, 1.807) is 0 Å². The second kappa shape index (κ2) is 5.97. The minimum absolute atomic E-state index is 0.333. The van der Waals surface area contributed by atoms with Crippen molar-refractivity contribution >= 4 is 22.9 Å². The zero-order valence-corrected chi connectivity index (χ0v) is 13.0. The first-order valence-corrected chi connectivity index (χ1v) is 8.98. The maximum atomic E-state index is 5.82. The zero-order chi connectivity index (χ0) is 14.1. The van der Waals surface area contributed by atoms with Gasteiger partial charge in [0, 0.05) is 24.5 Å². The Morgan fingerprint density at radius 2 is 2.33 bits per heavy atom. The summed E-state index contributed by atoms with van der Waals surface area (Å²) in [6.07, 6.45) is 8.26. The van der Waals surface area contributed by atoms with E-state index < -0.39 is 0 Å². The maximum absolute atomic E-state index is 5.82. The summed E-state index contributed by atoms with van der Waals surface area (Å²) in [5, 5.41) is 0.727. The summed E-state index contributed by atoms with van der Waals surface area (Å²) in [6, 6.07) is 4.04. The van der Waals surface area contributed by atoms with Crippen LogP contribution in [0.5, 0.6) is 0 Å². The molecule has 2 aromatic rings. The van der Waals surface area contributed by atoms with Gasteiger partial charge < -0.3 is 9.30 Å². The topological polar surface area (TPSA) is 39.9 Å². The molecule has 0 spiro atoms. The molecular formula is C16H21N3OS. The van der Waals surface area contributed by atoms with Crippen LogP contribution in [0.25, 0.3) is 11.2 Å². The second-order valence-corrected chi connectivity index (χ2v) is 7.37. The highest BCUT2D eigenvalue weighted by atomic mass is 32.2. The number of nitrogens with zero attached hydrogens (tertiary/aromatic N) is 3. The first-order chi connectivity index (χ1) is 10.4. The van der Waals surface area contributed by atoms with Crippen LogP contribution < -0.4 is 0 Å². The van der Waals surface area contributed by atoms with Gasteiger partial charge in [0.1, 0.15) is 11.3 Å². The second-order valence-electron chi connectivity index (χ2n) is 5.96. The molecule has 4 nitrogen and oxygen atoms in total. The van der Waals surface area contributed by atoms with Crippen molar-refractivity contribution in [2.75, 3.05) is 12.4 Å². The number of hydrogen-bond acceptors (Lipinski definition) is 4. The molecule has 2 aliphatic rings. The zero-order valence-electron chi connectivity index (χ0n) is 12.2. The van der Waals surface area contributed by atoms with Crippen LogP contribution in [0.2, 0.25) is 0 Å². The molecule has 2 fully saturated rings. The molecule has 112 valence electrons. The number of hydrogen-bond donors (Lipinski definition) is 0. The van der Waals surface area contributed by atoms with Crippen LogP contribution in [-0.4, -0.2) is 38.2 Å². The Morgan fingerprint density at radius 3 is 3.14 bits per heavy atom. The molecule has 0 amide bonds. The van der Waals surface area contributed by atoms with E-state index in [2.05, 4.69) is 27.4 Å². The van der Waals surface area contributed by atoms with E-state index in [1.165, 1.54) is 30.8 Å². The van der Waals surface area contributed by atoms with E-state index in [0.29, 0.717) is 6.10 Å². The summed E-state index contributed by atoms with van der Waals surface area (Å²) >= 11 is 2.09. The Hall–Kier alpha value is -1.07. The van der Waals surface area contributed by atoms with Crippen molar-refractivity contribution in [2.24, 2.45) is 0 Å². The van der Waals surface area contributed by atoms with Crippen LogP contribution in [-0.2, 0) is 17.7 Å². The summed E-state index contributed by atoms with van der Waals surface area (Å²) in [5.41, 5.74) is 2.04. The van der Waals surface area contributed by atoms with Gasteiger partial charge >= 0.3 is 0 Å². The number of rotatable bonds is 4. The van der Waals surface area contributed by atoms with E-state index in [1.807, 2.05) is 12.3 Å². The predicted octanol–water partition coefficient (Wildman–Crippen LogP) is 3.05. The first kappa shape index (κ1) is 13.6. The Balaban J connectivity index is 1.65. The van der Waals surface area contributed by atoms with Crippen LogP contribution in [0.15, 0.2) is 18.3 Å². The highest BCUT2D eigenvalue weighted by molar-refractivity contribution is 8.00. The third kappa shape index (κ3) is 2.81. The number of pyridine rings is 1. The monoisotopic (exact) mass is 303 g/mol. The fraction of sp³-hybridized carbons (Fsp3) is 0.625. The minimum atomic E-state index is 0.333. The third-order valence-corrected chi connectivity index (χ3v) is 5.83. The predicted molar refractivity (Wildman–Crippen MR) is 85.7 cm³/mol. The van der Waals surface area contributed by atoms with Crippen molar-refractivity contribution < 1.29 is 4.74 Å². The van der Waals surface area contributed by atoms with Gasteiger partial charge in [-0.15, -0.1) is 0 Å². The number of fused-ring (bicyclic) bond motifs is 1. The van der Waals surface area contributed by atoms with Gasteiger partial charge in [-0.1, -0.05) is 0 Å². The van der Waals surface area contributed by atoms with Crippen molar-refractivity contribution in [1.29, 1.82) is 0 Å². The lowest BCUT2D eigenvalue weighted by atomic mass is 10.2. The molecule has 0 aliphatic carbocycles. The molecule has 4 rings (SSSR count).